The van der Waals surface area contributed by atoms with Gasteiger partial charge in [-0.2, -0.15) is 0 Å². The molecule has 31 heavy (non-hydrogen) atoms. The van der Waals surface area contributed by atoms with E-state index >= 15 is 0 Å². The van der Waals surface area contributed by atoms with E-state index in [0.717, 1.165) is 22.4 Å². The molecule has 0 fully saturated rings. The SMILES string of the molecule is CNc1cccc(-c2ccc3c(c2)N(C(=O)c2ccco2)C[C@H](C)N3C(C)=O)c1CN. The fraction of sp³-hybridized carbons (Fsp3) is 0.250. The second-order valence-corrected chi connectivity index (χ2v) is 7.62. The number of carbonyl (C=O) groups excluding carboxylic acids is 2. The minimum atomic E-state index is -0.235. The molecule has 3 N–H and O–H groups in total. The molecule has 0 bridgehead atoms. The standard InChI is InChI=1S/C24H26N4O3/c1-15-14-27(24(30)23-8-5-11-31-23)22-12-17(9-10-21(22)28(15)16(2)29)18-6-4-7-20(26-3)19(18)13-25/h4-12,15,26H,13-14,25H2,1-3H3/t15-/m0/s1. The second kappa shape index (κ2) is 8.28. The van der Waals surface area contributed by atoms with E-state index in [1.54, 1.807) is 28.9 Å². The van der Waals surface area contributed by atoms with Crippen molar-refractivity contribution >= 4 is 28.9 Å². The first kappa shape index (κ1) is 20.7. The van der Waals surface area contributed by atoms with Crippen LogP contribution in [0.2, 0.25) is 0 Å². The maximum atomic E-state index is 13.2. The molecule has 0 unspecified atom stereocenters. The predicted octanol–water partition coefficient (Wildman–Crippen LogP) is 3.85. The maximum Gasteiger partial charge on any atom is 0.294 e. The summed E-state index contributed by atoms with van der Waals surface area (Å²) in [5, 5.41) is 3.18. The van der Waals surface area contributed by atoms with E-state index in [1.165, 1.54) is 6.26 Å². The Morgan fingerprint density at radius 2 is 1.97 bits per heavy atom. The number of anilines is 3. The highest BCUT2D eigenvalue weighted by atomic mass is 16.3. The average molecular weight is 418 g/mol. The topological polar surface area (TPSA) is 91.8 Å². The van der Waals surface area contributed by atoms with Gasteiger partial charge in [-0.25, -0.2) is 0 Å². The van der Waals surface area contributed by atoms with Gasteiger partial charge in [0.05, 0.1) is 23.7 Å². The van der Waals surface area contributed by atoms with Gasteiger partial charge in [-0.1, -0.05) is 18.2 Å². The molecule has 0 radical (unpaired) electrons. The lowest BCUT2D eigenvalue weighted by Crippen LogP contribution is -2.51. The first-order chi connectivity index (χ1) is 15.0. The quantitative estimate of drug-likeness (QED) is 0.672. The number of furan rings is 1. The van der Waals surface area contributed by atoms with Crippen molar-refractivity contribution < 1.29 is 14.0 Å². The van der Waals surface area contributed by atoms with E-state index in [2.05, 4.69) is 5.32 Å². The summed E-state index contributed by atoms with van der Waals surface area (Å²) in [5.41, 5.74) is 11.3. The number of hydrogen-bond donors (Lipinski definition) is 2. The van der Waals surface area contributed by atoms with Crippen molar-refractivity contribution in [2.45, 2.75) is 26.4 Å². The Balaban J connectivity index is 1.88. The smallest absolute Gasteiger partial charge is 0.294 e. The highest BCUT2D eigenvalue weighted by molar-refractivity contribution is 6.10. The zero-order valence-corrected chi connectivity index (χ0v) is 17.9. The van der Waals surface area contributed by atoms with Crippen molar-refractivity contribution in [1.29, 1.82) is 0 Å². The summed E-state index contributed by atoms with van der Waals surface area (Å²) in [4.78, 5) is 29.0. The molecule has 160 valence electrons. The van der Waals surface area contributed by atoms with Gasteiger partial charge in [0.15, 0.2) is 5.76 Å². The van der Waals surface area contributed by atoms with Crippen molar-refractivity contribution in [3.63, 3.8) is 0 Å². The van der Waals surface area contributed by atoms with Crippen molar-refractivity contribution in [1.82, 2.24) is 0 Å². The van der Waals surface area contributed by atoms with Gasteiger partial charge >= 0.3 is 0 Å². The van der Waals surface area contributed by atoms with Crippen LogP contribution in [0, 0.1) is 0 Å². The number of rotatable bonds is 4. The van der Waals surface area contributed by atoms with Gasteiger partial charge in [0.2, 0.25) is 5.91 Å². The van der Waals surface area contributed by atoms with Crippen LogP contribution in [-0.2, 0) is 11.3 Å². The number of carbonyl (C=O) groups is 2. The van der Waals surface area contributed by atoms with Crippen LogP contribution in [0.15, 0.2) is 59.2 Å². The highest BCUT2D eigenvalue weighted by Gasteiger charge is 2.35. The largest absolute Gasteiger partial charge is 0.459 e. The van der Waals surface area contributed by atoms with E-state index in [9.17, 15) is 9.59 Å². The van der Waals surface area contributed by atoms with Gasteiger partial charge in [0.1, 0.15) is 0 Å². The third kappa shape index (κ3) is 3.57. The lowest BCUT2D eigenvalue weighted by molar-refractivity contribution is -0.117. The monoisotopic (exact) mass is 418 g/mol. The number of amides is 2. The molecule has 7 nitrogen and oxygen atoms in total. The molecule has 2 heterocycles. The normalized spacial score (nSPS) is 15.5. The second-order valence-electron chi connectivity index (χ2n) is 7.62. The fourth-order valence-corrected chi connectivity index (χ4v) is 4.31. The van der Waals surface area contributed by atoms with Gasteiger partial charge in [0, 0.05) is 32.7 Å². The summed E-state index contributed by atoms with van der Waals surface area (Å²) >= 11 is 0. The van der Waals surface area contributed by atoms with E-state index in [0.29, 0.717) is 24.5 Å². The van der Waals surface area contributed by atoms with Crippen LogP contribution in [0.3, 0.4) is 0 Å². The van der Waals surface area contributed by atoms with E-state index in [-0.39, 0.29) is 23.6 Å². The molecule has 2 amide bonds. The minimum absolute atomic E-state index is 0.0635. The molecule has 7 heteroatoms. The molecule has 1 aliphatic rings. The lowest BCUT2D eigenvalue weighted by Gasteiger charge is -2.40. The third-order valence-electron chi connectivity index (χ3n) is 5.69. The Kier molecular flexibility index (Phi) is 5.52. The number of nitrogens with one attached hydrogen (secondary N) is 1. The molecule has 4 rings (SSSR count). The molecule has 0 spiro atoms. The van der Waals surface area contributed by atoms with Crippen LogP contribution in [0.25, 0.3) is 11.1 Å². The fourth-order valence-electron chi connectivity index (χ4n) is 4.31. The summed E-state index contributed by atoms with van der Waals surface area (Å²) in [6, 6.07) is 15.0. The van der Waals surface area contributed by atoms with Crippen molar-refractivity contribution in [2.24, 2.45) is 5.73 Å². The number of nitrogens with zero attached hydrogens (tertiary/aromatic N) is 2. The Bertz CT molecular complexity index is 1120. The van der Waals surface area contributed by atoms with Crippen LogP contribution in [-0.4, -0.2) is 31.4 Å². The van der Waals surface area contributed by atoms with Crippen LogP contribution in [0.4, 0.5) is 17.1 Å². The summed E-state index contributed by atoms with van der Waals surface area (Å²) in [7, 11) is 1.86. The first-order valence-electron chi connectivity index (χ1n) is 10.3. The average Bonchev–Trinajstić information content (AvgIpc) is 3.31. The Hall–Kier alpha value is -3.58. The van der Waals surface area contributed by atoms with Gasteiger partial charge in [-0.15, -0.1) is 0 Å². The van der Waals surface area contributed by atoms with Crippen LogP contribution < -0.4 is 20.9 Å². The third-order valence-corrected chi connectivity index (χ3v) is 5.69. The molecular formula is C24H26N4O3. The predicted molar refractivity (Wildman–Crippen MR) is 122 cm³/mol. The molecule has 0 saturated carbocycles. The van der Waals surface area contributed by atoms with Crippen LogP contribution in [0.5, 0.6) is 0 Å². The molecular weight excluding hydrogens is 392 g/mol. The number of nitrogens with two attached hydrogens (primary N) is 1. The summed E-state index contributed by atoms with van der Waals surface area (Å²) in [6.45, 7) is 4.22. The number of fused-ring (bicyclic) bond motifs is 1. The molecule has 3 aromatic rings. The highest BCUT2D eigenvalue weighted by Crippen LogP contribution is 2.40. The maximum absolute atomic E-state index is 13.2. The Morgan fingerprint density at radius 1 is 1.16 bits per heavy atom. The Morgan fingerprint density at radius 3 is 2.61 bits per heavy atom. The summed E-state index contributed by atoms with van der Waals surface area (Å²) in [6.07, 6.45) is 1.48. The zero-order valence-electron chi connectivity index (χ0n) is 17.9. The van der Waals surface area contributed by atoms with Gasteiger partial charge in [-0.3, -0.25) is 9.59 Å². The van der Waals surface area contributed by atoms with E-state index in [1.807, 2.05) is 50.4 Å². The van der Waals surface area contributed by atoms with Gasteiger partial charge in [-0.05, 0) is 53.9 Å². The summed E-state index contributed by atoms with van der Waals surface area (Å²) in [5.74, 6) is -0.0347. The van der Waals surface area contributed by atoms with Crippen LogP contribution >= 0.6 is 0 Å². The molecule has 0 aliphatic carbocycles. The van der Waals surface area contributed by atoms with Crippen molar-refractivity contribution in [3.05, 3.63) is 66.1 Å². The van der Waals surface area contributed by atoms with Crippen LogP contribution in [0.1, 0.15) is 30.0 Å². The molecule has 1 aliphatic heterocycles. The van der Waals surface area contributed by atoms with E-state index in [4.69, 9.17) is 10.2 Å². The van der Waals surface area contributed by atoms with Crippen molar-refractivity contribution in [2.75, 3.05) is 28.7 Å². The Labute approximate surface area is 181 Å². The van der Waals surface area contributed by atoms with Gasteiger partial charge in [0.25, 0.3) is 5.91 Å². The van der Waals surface area contributed by atoms with Gasteiger partial charge < -0.3 is 25.3 Å². The molecule has 1 aromatic heterocycles. The first-order valence-corrected chi connectivity index (χ1v) is 10.3. The summed E-state index contributed by atoms with van der Waals surface area (Å²) < 4.78 is 5.36. The van der Waals surface area contributed by atoms with Crippen molar-refractivity contribution in [3.8, 4) is 11.1 Å². The molecule has 2 aromatic carbocycles. The number of benzene rings is 2. The molecule has 1 atom stereocenters. The van der Waals surface area contributed by atoms with E-state index < -0.39 is 0 Å². The molecule has 0 saturated heterocycles. The lowest BCUT2D eigenvalue weighted by atomic mass is 9.95. The number of hydrogen-bond acceptors (Lipinski definition) is 5. The minimum Gasteiger partial charge on any atom is -0.459 e. The zero-order chi connectivity index (χ0) is 22.1.